The number of hydrogen-bond acceptors (Lipinski definition) is 5. The van der Waals surface area contributed by atoms with Crippen molar-refractivity contribution in [1.29, 1.82) is 0 Å². The molecule has 0 N–H and O–H groups in total. The molecular weight excluding hydrogens is 525 g/mol. The van der Waals surface area contributed by atoms with Crippen molar-refractivity contribution in [1.82, 2.24) is 14.7 Å². The number of halogens is 2. The van der Waals surface area contributed by atoms with Gasteiger partial charge in [0, 0.05) is 43.3 Å². The van der Waals surface area contributed by atoms with Gasteiger partial charge in [0.15, 0.2) is 0 Å². The van der Waals surface area contributed by atoms with Crippen molar-refractivity contribution >= 4 is 46.5 Å². The maximum absolute atomic E-state index is 13.1. The quantitative estimate of drug-likeness (QED) is 0.371. The smallest absolute Gasteiger partial charge is 0.293 e. The Morgan fingerprint density at radius 1 is 0.895 bits per heavy atom. The van der Waals surface area contributed by atoms with Crippen LogP contribution in [0.15, 0.2) is 77.7 Å². The first-order valence-corrected chi connectivity index (χ1v) is 13.4. The van der Waals surface area contributed by atoms with E-state index in [0.717, 1.165) is 42.5 Å². The van der Waals surface area contributed by atoms with E-state index in [0.29, 0.717) is 34.1 Å². The molecule has 0 unspecified atom stereocenters. The molecule has 3 aromatic carbocycles. The molecule has 194 valence electrons. The first-order valence-electron chi connectivity index (χ1n) is 12.2. The van der Waals surface area contributed by atoms with Crippen LogP contribution in [0.3, 0.4) is 0 Å². The van der Waals surface area contributed by atoms with Crippen LogP contribution in [0.1, 0.15) is 27.0 Å². The van der Waals surface area contributed by atoms with Gasteiger partial charge in [-0.1, -0.05) is 54.1 Å². The normalized spacial score (nSPS) is 17.5. The SMILES string of the molecule is O=C(c1ccc(C=C2SC(=O)N(Cc3ccccc3Cl)C2=O)cc1)N1CCN(Cc2ccc(F)cc2)CC1. The number of hydrogen-bond donors (Lipinski definition) is 0. The topological polar surface area (TPSA) is 60.9 Å². The van der Waals surface area contributed by atoms with Crippen LogP contribution in [-0.4, -0.2) is 57.9 Å². The summed E-state index contributed by atoms with van der Waals surface area (Å²) in [5.41, 5.74) is 3.05. The molecule has 2 aliphatic heterocycles. The Labute approximate surface area is 229 Å². The lowest BCUT2D eigenvalue weighted by Crippen LogP contribution is -2.48. The van der Waals surface area contributed by atoms with Gasteiger partial charge in [0.1, 0.15) is 5.82 Å². The predicted molar refractivity (Wildman–Crippen MR) is 147 cm³/mol. The lowest BCUT2D eigenvalue weighted by Gasteiger charge is -2.34. The van der Waals surface area contributed by atoms with Crippen molar-refractivity contribution in [2.45, 2.75) is 13.1 Å². The lowest BCUT2D eigenvalue weighted by molar-refractivity contribution is -0.123. The number of amides is 3. The van der Waals surface area contributed by atoms with Crippen molar-refractivity contribution in [3.63, 3.8) is 0 Å². The molecule has 0 aliphatic carbocycles. The summed E-state index contributed by atoms with van der Waals surface area (Å²) in [7, 11) is 0. The average Bonchev–Trinajstić information content (AvgIpc) is 3.19. The first-order chi connectivity index (χ1) is 18.4. The fraction of sp³-hybridized carbons (Fsp3) is 0.207. The van der Waals surface area contributed by atoms with Crippen LogP contribution in [0.5, 0.6) is 0 Å². The Morgan fingerprint density at radius 3 is 2.26 bits per heavy atom. The molecule has 3 amide bonds. The van der Waals surface area contributed by atoms with Crippen LogP contribution in [0, 0.1) is 5.82 Å². The fourth-order valence-electron chi connectivity index (χ4n) is 4.45. The van der Waals surface area contributed by atoms with Crippen molar-refractivity contribution in [3.05, 3.63) is 111 Å². The Morgan fingerprint density at radius 2 is 1.58 bits per heavy atom. The van der Waals surface area contributed by atoms with Gasteiger partial charge in [-0.05, 0) is 64.9 Å². The molecule has 5 rings (SSSR count). The Bertz CT molecular complexity index is 1390. The van der Waals surface area contributed by atoms with E-state index in [1.54, 1.807) is 60.7 Å². The zero-order chi connectivity index (χ0) is 26.6. The number of nitrogens with zero attached hydrogens (tertiary/aromatic N) is 3. The van der Waals surface area contributed by atoms with E-state index in [1.165, 1.54) is 17.0 Å². The molecule has 2 fully saturated rings. The van der Waals surface area contributed by atoms with Gasteiger partial charge in [-0.2, -0.15) is 0 Å². The van der Waals surface area contributed by atoms with Gasteiger partial charge in [-0.15, -0.1) is 0 Å². The number of imide groups is 1. The number of carbonyl (C=O) groups is 3. The number of thioether (sulfide) groups is 1. The Balaban J connectivity index is 1.17. The summed E-state index contributed by atoms with van der Waals surface area (Å²) in [5.74, 6) is -0.652. The zero-order valence-electron chi connectivity index (χ0n) is 20.5. The maximum atomic E-state index is 13.1. The van der Waals surface area contributed by atoms with Crippen LogP contribution in [0.4, 0.5) is 9.18 Å². The second kappa shape index (κ2) is 11.5. The summed E-state index contributed by atoms with van der Waals surface area (Å²) in [4.78, 5) is 44.0. The Kier molecular flexibility index (Phi) is 7.93. The molecule has 0 saturated carbocycles. The number of benzene rings is 3. The highest BCUT2D eigenvalue weighted by Gasteiger charge is 2.35. The molecule has 38 heavy (non-hydrogen) atoms. The number of carbonyl (C=O) groups excluding carboxylic acids is 3. The van der Waals surface area contributed by atoms with Crippen LogP contribution < -0.4 is 0 Å². The van der Waals surface area contributed by atoms with E-state index in [9.17, 15) is 18.8 Å². The second-order valence-corrected chi connectivity index (χ2v) is 10.6. The minimum Gasteiger partial charge on any atom is -0.336 e. The standard InChI is InChI=1S/C29H25ClFN3O3S/c30-25-4-2-1-3-23(25)19-34-28(36)26(38-29(34)37)17-20-5-9-22(10-6-20)27(35)33-15-13-32(14-16-33)18-21-7-11-24(31)12-8-21/h1-12,17H,13-16,18-19H2. The van der Waals surface area contributed by atoms with Gasteiger partial charge in [-0.25, -0.2) is 4.39 Å². The van der Waals surface area contributed by atoms with Gasteiger partial charge >= 0.3 is 0 Å². The fourth-order valence-corrected chi connectivity index (χ4v) is 5.48. The zero-order valence-corrected chi connectivity index (χ0v) is 22.1. The van der Waals surface area contributed by atoms with Crippen LogP contribution in [0.25, 0.3) is 6.08 Å². The highest BCUT2D eigenvalue weighted by molar-refractivity contribution is 8.18. The summed E-state index contributed by atoms with van der Waals surface area (Å²) in [6.45, 7) is 3.55. The molecule has 2 saturated heterocycles. The third kappa shape index (κ3) is 5.99. The molecule has 0 bridgehead atoms. The van der Waals surface area contributed by atoms with E-state index >= 15 is 0 Å². The molecule has 9 heteroatoms. The molecule has 0 aromatic heterocycles. The number of rotatable bonds is 6. The lowest BCUT2D eigenvalue weighted by atomic mass is 10.1. The van der Waals surface area contributed by atoms with Gasteiger partial charge in [0.25, 0.3) is 17.1 Å². The Hall–Kier alpha value is -3.46. The summed E-state index contributed by atoms with van der Waals surface area (Å²) in [6, 6.07) is 20.7. The van der Waals surface area contributed by atoms with Crippen molar-refractivity contribution < 1.29 is 18.8 Å². The third-order valence-corrected chi connectivity index (χ3v) is 7.87. The third-order valence-electron chi connectivity index (χ3n) is 6.59. The van der Waals surface area contributed by atoms with Gasteiger partial charge in [0.2, 0.25) is 0 Å². The van der Waals surface area contributed by atoms with Crippen molar-refractivity contribution in [2.75, 3.05) is 26.2 Å². The molecule has 0 radical (unpaired) electrons. The molecule has 2 heterocycles. The largest absolute Gasteiger partial charge is 0.336 e. The van der Waals surface area contributed by atoms with Crippen LogP contribution in [0.2, 0.25) is 5.02 Å². The van der Waals surface area contributed by atoms with Crippen molar-refractivity contribution in [2.24, 2.45) is 0 Å². The average molecular weight is 550 g/mol. The summed E-state index contributed by atoms with van der Waals surface area (Å²) in [6.07, 6.45) is 1.67. The van der Waals surface area contributed by atoms with Crippen molar-refractivity contribution in [3.8, 4) is 0 Å². The van der Waals surface area contributed by atoms with Crippen LogP contribution >= 0.6 is 23.4 Å². The van der Waals surface area contributed by atoms with Crippen LogP contribution in [-0.2, 0) is 17.9 Å². The van der Waals surface area contributed by atoms with Gasteiger partial charge < -0.3 is 4.90 Å². The van der Waals surface area contributed by atoms with Gasteiger partial charge in [-0.3, -0.25) is 24.2 Å². The molecular formula is C29H25ClFN3O3S. The molecule has 6 nitrogen and oxygen atoms in total. The first kappa shape index (κ1) is 26.2. The predicted octanol–water partition coefficient (Wildman–Crippen LogP) is 5.67. The second-order valence-electron chi connectivity index (χ2n) is 9.18. The highest BCUT2D eigenvalue weighted by Crippen LogP contribution is 2.34. The molecule has 0 spiro atoms. The van der Waals surface area contributed by atoms with E-state index < -0.39 is 0 Å². The molecule has 2 aliphatic rings. The minimum absolute atomic E-state index is 0.0435. The molecule has 0 atom stereocenters. The van der Waals surface area contributed by atoms with E-state index in [1.807, 2.05) is 11.0 Å². The minimum atomic E-state index is -0.362. The summed E-state index contributed by atoms with van der Waals surface area (Å²) in [5, 5.41) is 0.164. The summed E-state index contributed by atoms with van der Waals surface area (Å²) >= 11 is 7.08. The monoisotopic (exact) mass is 549 g/mol. The van der Waals surface area contributed by atoms with E-state index in [2.05, 4.69) is 4.90 Å². The molecule has 3 aromatic rings. The number of piperazine rings is 1. The van der Waals surface area contributed by atoms with Gasteiger partial charge in [0.05, 0.1) is 11.4 Å². The van der Waals surface area contributed by atoms with E-state index in [-0.39, 0.29) is 29.4 Å². The van der Waals surface area contributed by atoms with E-state index in [4.69, 9.17) is 11.6 Å². The highest BCUT2D eigenvalue weighted by atomic mass is 35.5. The summed E-state index contributed by atoms with van der Waals surface area (Å²) < 4.78 is 13.1. The maximum Gasteiger partial charge on any atom is 0.293 e.